The van der Waals surface area contributed by atoms with Gasteiger partial charge in [0.1, 0.15) is 0 Å². The van der Waals surface area contributed by atoms with Gasteiger partial charge in [-0.05, 0) is 13.3 Å². The number of esters is 4. The van der Waals surface area contributed by atoms with E-state index in [1.54, 1.807) is 0 Å². The van der Waals surface area contributed by atoms with Crippen molar-refractivity contribution in [3.63, 3.8) is 0 Å². The van der Waals surface area contributed by atoms with Crippen LogP contribution >= 0.6 is 0 Å². The zero-order chi connectivity index (χ0) is 25.8. The van der Waals surface area contributed by atoms with E-state index in [0.717, 1.165) is 19.3 Å². The minimum Gasteiger partial charge on any atom is -1.00 e. The van der Waals surface area contributed by atoms with Gasteiger partial charge < -0.3 is 27.3 Å². The number of aliphatic carboxylic acids is 1. The Bertz CT molecular complexity index is 668. The van der Waals surface area contributed by atoms with Crippen molar-refractivity contribution in [2.75, 3.05) is 13.2 Å². The van der Waals surface area contributed by atoms with Crippen molar-refractivity contribution in [3.05, 3.63) is 0 Å². The van der Waals surface area contributed by atoms with Gasteiger partial charge in [-0.3, -0.25) is 19.2 Å². The molecule has 0 aromatic heterocycles. The second-order valence-corrected chi connectivity index (χ2v) is 8.25. The molecule has 0 spiro atoms. The fourth-order valence-electron chi connectivity index (χ4n) is 3.18. The molecule has 10 nitrogen and oxygen atoms in total. The van der Waals surface area contributed by atoms with E-state index in [-0.39, 0.29) is 75.2 Å². The molecule has 2 N–H and O–H groups in total. The maximum Gasteiger partial charge on any atom is 1.00 e. The van der Waals surface area contributed by atoms with E-state index in [1.165, 1.54) is 45.4 Å². The van der Waals surface area contributed by atoms with Crippen LogP contribution in [0.2, 0.25) is 0 Å². The Morgan fingerprint density at radius 3 is 1.64 bits per heavy atom. The number of carbonyl (C=O) groups is 5. The molecular weight excluding hydrogens is 494 g/mol. The van der Waals surface area contributed by atoms with E-state index in [0.29, 0.717) is 6.42 Å². The van der Waals surface area contributed by atoms with Gasteiger partial charge in [-0.15, -0.1) is 0 Å². The van der Waals surface area contributed by atoms with E-state index >= 15 is 0 Å². The molecule has 12 heteroatoms. The van der Waals surface area contributed by atoms with Gasteiger partial charge in [0.15, 0.2) is 5.60 Å². The average Bonchev–Trinajstić information content (AvgIpc) is 2.76. The molecule has 1 unspecified atom stereocenters. The van der Waals surface area contributed by atoms with Crippen LogP contribution in [0.4, 0.5) is 0 Å². The van der Waals surface area contributed by atoms with Crippen LogP contribution in [0.25, 0.3) is 0 Å². The Labute approximate surface area is 261 Å². The first kappa shape index (κ1) is 40.0. The summed E-state index contributed by atoms with van der Waals surface area (Å²) in [5.74, 6) is -5.91. The molecule has 36 heavy (non-hydrogen) atoms. The van der Waals surface area contributed by atoms with Gasteiger partial charge in [0, 0.05) is 0 Å². The SMILES string of the molecule is CCCCCCCCCCCCOC(=O)CC(O)(CC(=O)OCC)C(=O)OC(=O)CCC(=O)O.[H-].[H-].[Na+].[Na+]. The van der Waals surface area contributed by atoms with Gasteiger partial charge in [-0.2, -0.15) is 0 Å². The molecule has 200 valence electrons. The van der Waals surface area contributed by atoms with Gasteiger partial charge in [-0.1, -0.05) is 64.7 Å². The van der Waals surface area contributed by atoms with Crippen LogP contribution in [0.3, 0.4) is 0 Å². The quantitative estimate of drug-likeness (QED) is 0.0571. The Morgan fingerprint density at radius 2 is 1.17 bits per heavy atom. The summed E-state index contributed by atoms with van der Waals surface area (Å²) in [6, 6.07) is 0. The van der Waals surface area contributed by atoms with Crippen molar-refractivity contribution in [2.24, 2.45) is 0 Å². The smallest absolute Gasteiger partial charge is 1.00 e. The number of carboxylic acids is 1. The third kappa shape index (κ3) is 21.6. The predicted octanol–water partition coefficient (Wildman–Crippen LogP) is -2.31. The van der Waals surface area contributed by atoms with Crippen LogP contribution in [0.15, 0.2) is 0 Å². The van der Waals surface area contributed by atoms with Gasteiger partial charge in [0.25, 0.3) is 0 Å². The number of unbranched alkanes of at least 4 members (excludes halogenated alkanes) is 9. The molecule has 0 saturated carbocycles. The fraction of sp³-hybridized carbons (Fsp3) is 0.792. The normalized spacial score (nSPS) is 11.8. The van der Waals surface area contributed by atoms with Gasteiger partial charge in [0.05, 0.1) is 38.9 Å². The molecule has 0 aliphatic heterocycles. The maximum atomic E-state index is 12.3. The molecule has 0 amide bonds. The Balaban J connectivity index is -0.000000907. The van der Waals surface area contributed by atoms with Crippen LogP contribution in [-0.4, -0.2) is 58.9 Å². The number of aliphatic hydroxyl groups is 1. The van der Waals surface area contributed by atoms with Crippen molar-refractivity contribution in [2.45, 2.75) is 109 Å². The Kier molecular flexibility index (Phi) is 27.6. The van der Waals surface area contributed by atoms with Crippen LogP contribution in [0.5, 0.6) is 0 Å². The van der Waals surface area contributed by atoms with Crippen LogP contribution < -0.4 is 59.1 Å². The molecule has 0 aliphatic rings. The first-order valence-electron chi connectivity index (χ1n) is 12.1. The minimum atomic E-state index is -2.67. The predicted molar refractivity (Wildman–Crippen MR) is 124 cm³/mol. The summed E-state index contributed by atoms with van der Waals surface area (Å²) in [7, 11) is 0. The second-order valence-electron chi connectivity index (χ2n) is 8.25. The summed E-state index contributed by atoms with van der Waals surface area (Å²) < 4.78 is 14.2. The molecule has 0 bridgehead atoms. The number of hydrogen-bond donors (Lipinski definition) is 2. The molecule has 0 heterocycles. The standard InChI is InChI=1S/C24H40O10.2Na.2H/c1-3-5-6-7-8-9-10-11-12-13-16-33-22(29)18-24(31,17-21(28)32-4-2)23(30)34-20(27)15-14-19(25)26;;;;/h31H,3-18H2,1-2H3,(H,25,26);;;;/q;2*+1;2*-1. The van der Waals surface area contributed by atoms with E-state index < -0.39 is 61.1 Å². The molecule has 1 atom stereocenters. The molecule has 0 aliphatic carbocycles. The molecule has 0 aromatic rings. The molecule has 0 radical (unpaired) electrons. The van der Waals surface area contributed by atoms with E-state index in [4.69, 9.17) is 14.6 Å². The zero-order valence-corrected chi connectivity index (χ0v) is 26.5. The Hall–Kier alpha value is -0.490. The summed E-state index contributed by atoms with van der Waals surface area (Å²) in [6.45, 7) is 3.78. The summed E-state index contributed by atoms with van der Waals surface area (Å²) >= 11 is 0. The summed E-state index contributed by atoms with van der Waals surface area (Å²) in [5.41, 5.74) is -2.67. The van der Waals surface area contributed by atoms with E-state index in [1.807, 2.05) is 0 Å². The number of rotatable bonds is 20. The summed E-state index contributed by atoms with van der Waals surface area (Å²) in [4.78, 5) is 58.4. The van der Waals surface area contributed by atoms with Crippen molar-refractivity contribution in [1.29, 1.82) is 0 Å². The van der Waals surface area contributed by atoms with Gasteiger partial charge >= 0.3 is 89.0 Å². The summed E-state index contributed by atoms with van der Waals surface area (Å²) in [6.07, 6.45) is 8.05. The first-order chi connectivity index (χ1) is 16.1. The van der Waals surface area contributed by atoms with E-state index in [2.05, 4.69) is 11.7 Å². The van der Waals surface area contributed by atoms with Crippen LogP contribution in [-0.2, 0) is 38.2 Å². The second kappa shape index (κ2) is 24.8. The molecule has 0 aromatic carbocycles. The number of hydrogen-bond acceptors (Lipinski definition) is 9. The van der Waals surface area contributed by atoms with E-state index in [9.17, 15) is 29.1 Å². The Morgan fingerprint density at radius 1 is 0.694 bits per heavy atom. The minimum absolute atomic E-state index is 0. The third-order valence-corrected chi connectivity index (χ3v) is 5.07. The maximum absolute atomic E-state index is 12.3. The molecule has 0 fully saturated rings. The number of ether oxygens (including phenoxy) is 3. The molecular formula is C24H42Na2O10. The summed E-state index contributed by atoms with van der Waals surface area (Å²) in [5, 5.41) is 19.2. The molecule has 0 saturated heterocycles. The number of carboxylic acid groups (broad SMARTS) is 1. The van der Waals surface area contributed by atoms with Crippen molar-refractivity contribution < 1.29 is 110 Å². The largest absolute Gasteiger partial charge is 1.00 e. The first-order valence-corrected chi connectivity index (χ1v) is 12.1. The number of carbonyl (C=O) groups excluding carboxylic acids is 4. The van der Waals surface area contributed by atoms with Gasteiger partial charge in [0.2, 0.25) is 0 Å². The fourth-order valence-corrected chi connectivity index (χ4v) is 3.18. The topological polar surface area (TPSA) is 154 Å². The molecule has 0 rings (SSSR count). The average molecular weight is 537 g/mol. The van der Waals surface area contributed by atoms with Crippen LogP contribution in [0.1, 0.15) is 107 Å². The van der Waals surface area contributed by atoms with Crippen molar-refractivity contribution >= 4 is 29.8 Å². The zero-order valence-electron chi connectivity index (χ0n) is 24.5. The third-order valence-electron chi connectivity index (χ3n) is 5.07. The monoisotopic (exact) mass is 536 g/mol. The van der Waals surface area contributed by atoms with Gasteiger partial charge in [-0.25, -0.2) is 4.79 Å². The van der Waals surface area contributed by atoms with Crippen LogP contribution in [0, 0.1) is 0 Å². The van der Waals surface area contributed by atoms with Crippen molar-refractivity contribution in [1.82, 2.24) is 0 Å². The van der Waals surface area contributed by atoms with Crippen molar-refractivity contribution in [3.8, 4) is 0 Å².